The summed E-state index contributed by atoms with van der Waals surface area (Å²) in [6.45, 7) is 7.80. The van der Waals surface area contributed by atoms with Gasteiger partial charge in [-0.3, -0.25) is 0 Å². The van der Waals surface area contributed by atoms with Gasteiger partial charge in [0.2, 0.25) is 0 Å². The molecule has 0 aliphatic heterocycles. The normalized spacial score (nSPS) is 11.5. The zero-order valence-electron chi connectivity index (χ0n) is 14.7. The SMILES string of the molecule is CCN(CCO)c1ccc(N=Nc2snc3ccc(C)cc23)c(C)c1. The van der Waals surface area contributed by atoms with Crippen LogP contribution in [0.3, 0.4) is 0 Å². The molecule has 2 aromatic carbocycles. The van der Waals surface area contributed by atoms with Gasteiger partial charge in [0.05, 0.1) is 17.8 Å². The summed E-state index contributed by atoms with van der Waals surface area (Å²) in [7, 11) is 0. The monoisotopic (exact) mass is 354 g/mol. The van der Waals surface area contributed by atoms with Gasteiger partial charge in [-0.1, -0.05) is 11.6 Å². The molecule has 0 fully saturated rings. The smallest absolute Gasteiger partial charge is 0.166 e. The minimum Gasteiger partial charge on any atom is -0.395 e. The third-order valence-electron chi connectivity index (χ3n) is 4.16. The third kappa shape index (κ3) is 3.86. The number of rotatable bonds is 6. The van der Waals surface area contributed by atoms with Crippen LogP contribution in [0.15, 0.2) is 46.6 Å². The second kappa shape index (κ2) is 7.72. The lowest BCUT2D eigenvalue weighted by atomic mass is 10.1. The number of hydrogen-bond donors (Lipinski definition) is 1. The lowest BCUT2D eigenvalue weighted by molar-refractivity contribution is 0.302. The summed E-state index contributed by atoms with van der Waals surface area (Å²) in [5.74, 6) is 0. The molecule has 0 spiro atoms. The van der Waals surface area contributed by atoms with Crippen LogP contribution in [-0.2, 0) is 0 Å². The van der Waals surface area contributed by atoms with Crippen molar-refractivity contribution >= 4 is 38.8 Å². The molecule has 6 heteroatoms. The fourth-order valence-electron chi connectivity index (χ4n) is 2.75. The van der Waals surface area contributed by atoms with Gasteiger partial charge in [-0.05, 0) is 68.2 Å². The quantitative estimate of drug-likeness (QED) is 0.623. The second-order valence-electron chi connectivity index (χ2n) is 5.98. The first kappa shape index (κ1) is 17.5. The van der Waals surface area contributed by atoms with Crippen LogP contribution in [0.2, 0.25) is 0 Å². The minimum atomic E-state index is 0.145. The van der Waals surface area contributed by atoms with Crippen LogP contribution in [-0.4, -0.2) is 29.2 Å². The largest absolute Gasteiger partial charge is 0.395 e. The minimum absolute atomic E-state index is 0.145. The summed E-state index contributed by atoms with van der Waals surface area (Å²) >= 11 is 1.37. The highest BCUT2D eigenvalue weighted by Crippen LogP contribution is 2.33. The Morgan fingerprint density at radius 1 is 1.12 bits per heavy atom. The van der Waals surface area contributed by atoms with Crippen molar-refractivity contribution in [3.8, 4) is 0 Å². The molecule has 25 heavy (non-hydrogen) atoms. The number of fused-ring (bicyclic) bond motifs is 1. The number of hydrogen-bond acceptors (Lipinski definition) is 6. The molecule has 1 heterocycles. The summed E-state index contributed by atoms with van der Waals surface area (Å²) in [4.78, 5) is 2.13. The van der Waals surface area contributed by atoms with Gasteiger partial charge in [-0.25, -0.2) is 0 Å². The number of aliphatic hydroxyl groups excluding tert-OH is 1. The van der Waals surface area contributed by atoms with Gasteiger partial charge in [0, 0.05) is 24.2 Å². The molecule has 0 atom stereocenters. The van der Waals surface area contributed by atoms with E-state index < -0.39 is 0 Å². The first-order chi connectivity index (χ1) is 12.1. The van der Waals surface area contributed by atoms with E-state index in [-0.39, 0.29) is 6.61 Å². The Morgan fingerprint density at radius 2 is 1.96 bits per heavy atom. The molecule has 0 radical (unpaired) electrons. The molecular formula is C19H22N4OS. The molecule has 0 aliphatic rings. The Kier molecular flexibility index (Phi) is 5.40. The van der Waals surface area contributed by atoms with Crippen molar-refractivity contribution in [1.82, 2.24) is 4.37 Å². The molecule has 5 nitrogen and oxygen atoms in total. The van der Waals surface area contributed by atoms with Crippen LogP contribution in [0.1, 0.15) is 18.1 Å². The molecule has 3 rings (SSSR count). The Bertz CT molecular complexity index is 904. The van der Waals surface area contributed by atoms with Crippen molar-refractivity contribution in [2.24, 2.45) is 10.2 Å². The maximum atomic E-state index is 9.17. The molecule has 0 aliphatic carbocycles. The number of aromatic nitrogens is 1. The van der Waals surface area contributed by atoms with Crippen LogP contribution < -0.4 is 4.90 Å². The number of aliphatic hydroxyl groups is 1. The summed E-state index contributed by atoms with van der Waals surface area (Å²) in [6, 6.07) is 12.2. The van der Waals surface area contributed by atoms with Gasteiger partial charge >= 0.3 is 0 Å². The highest BCUT2D eigenvalue weighted by molar-refractivity contribution is 7.11. The first-order valence-corrected chi connectivity index (χ1v) is 9.14. The van der Waals surface area contributed by atoms with Crippen LogP contribution >= 0.6 is 11.5 Å². The van der Waals surface area contributed by atoms with E-state index in [2.05, 4.69) is 51.5 Å². The van der Waals surface area contributed by atoms with E-state index >= 15 is 0 Å². The van der Waals surface area contributed by atoms with Gasteiger partial charge in [0.25, 0.3) is 0 Å². The molecule has 0 saturated carbocycles. The number of likely N-dealkylation sites (N-methyl/N-ethyl adjacent to an activating group) is 1. The van der Waals surface area contributed by atoms with Crippen LogP contribution in [0.4, 0.5) is 16.4 Å². The molecule has 0 saturated heterocycles. The van der Waals surface area contributed by atoms with E-state index in [1.54, 1.807) is 0 Å². The van der Waals surface area contributed by atoms with Crippen molar-refractivity contribution in [2.45, 2.75) is 20.8 Å². The van der Waals surface area contributed by atoms with Gasteiger partial charge < -0.3 is 10.0 Å². The molecule has 130 valence electrons. The second-order valence-corrected chi connectivity index (χ2v) is 6.73. The molecule has 0 amide bonds. The Hall–Kier alpha value is -2.31. The lowest BCUT2D eigenvalue weighted by Gasteiger charge is -2.22. The van der Waals surface area contributed by atoms with Crippen molar-refractivity contribution in [2.75, 3.05) is 24.6 Å². The van der Waals surface area contributed by atoms with E-state index in [0.29, 0.717) is 6.54 Å². The molecule has 1 aromatic heterocycles. The molecule has 0 unspecified atom stereocenters. The maximum absolute atomic E-state index is 9.17. The van der Waals surface area contributed by atoms with Crippen molar-refractivity contribution in [3.05, 3.63) is 47.5 Å². The molecular weight excluding hydrogens is 332 g/mol. The van der Waals surface area contributed by atoms with Crippen LogP contribution in [0.5, 0.6) is 0 Å². The zero-order chi connectivity index (χ0) is 17.8. The average Bonchev–Trinajstić information content (AvgIpc) is 3.00. The fourth-order valence-corrected chi connectivity index (χ4v) is 3.44. The zero-order valence-corrected chi connectivity index (χ0v) is 15.5. The van der Waals surface area contributed by atoms with Crippen molar-refractivity contribution in [1.29, 1.82) is 0 Å². The number of anilines is 1. The molecule has 1 N–H and O–H groups in total. The van der Waals surface area contributed by atoms with Crippen molar-refractivity contribution in [3.63, 3.8) is 0 Å². The highest BCUT2D eigenvalue weighted by atomic mass is 32.1. The lowest BCUT2D eigenvalue weighted by Crippen LogP contribution is -2.26. The van der Waals surface area contributed by atoms with Gasteiger partial charge in [-0.2, -0.15) is 4.37 Å². The standard InChI is InChI=1S/C19H22N4OS/c1-4-23(9-10-24)15-6-8-17(14(3)12-15)20-21-19-16-11-13(2)5-7-18(16)22-25-19/h5-8,11-12,24H,4,9-10H2,1-3H3. The average molecular weight is 354 g/mol. The van der Waals surface area contributed by atoms with E-state index in [9.17, 15) is 0 Å². The predicted octanol–water partition coefficient (Wildman–Crippen LogP) is 5.15. The maximum Gasteiger partial charge on any atom is 0.166 e. The number of azo groups is 1. The van der Waals surface area contributed by atoms with Crippen LogP contribution in [0.25, 0.3) is 10.9 Å². The first-order valence-electron chi connectivity index (χ1n) is 8.36. The Labute approximate surface area is 151 Å². The number of benzene rings is 2. The van der Waals surface area contributed by atoms with Crippen molar-refractivity contribution < 1.29 is 5.11 Å². The van der Waals surface area contributed by atoms with E-state index in [1.807, 2.05) is 25.1 Å². The fraction of sp³-hybridized carbons (Fsp3) is 0.316. The Morgan fingerprint density at radius 3 is 2.68 bits per heavy atom. The summed E-state index contributed by atoms with van der Waals surface area (Å²) in [5, 5.41) is 19.9. The summed E-state index contributed by atoms with van der Waals surface area (Å²) in [5.41, 5.74) is 5.14. The number of aryl methyl sites for hydroxylation is 2. The predicted molar refractivity (Wildman–Crippen MR) is 105 cm³/mol. The van der Waals surface area contributed by atoms with Gasteiger partial charge in [0.1, 0.15) is 0 Å². The van der Waals surface area contributed by atoms with E-state index in [0.717, 1.165) is 39.4 Å². The van der Waals surface area contributed by atoms with Gasteiger partial charge in [-0.15, -0.1) is 10.2 Å². The van der Waals surface area contributed by atoms with E-state index in [4.69, 9.17) is 5.11 Å². The summed E-state index contributed by atoms with van der Waals surface area (Å²) < 4.78 is 4.42. The van der Waals surface area contributed by atoms with Crippen LogP contribution in [0, 0.1) is 13.8 Å². The molecule has 3 aromatic rings. The number of nitrogens with zero attached hydrogens (tertiary/aromatic N) is 4. The molecule has 0 bridgehead atoms. The Balaban J connectivity index is 1.87. The summed E-state index contributed by atoms with van der Waals surface area (Å²) in [6.07, 6.45) is 0. The third-order valence-corrected chi connectivity index (χ3v) is 4.92. The van der Waals surface area contributed by atoms with E-state index in [1.165, 1.54) is 17.1 Å². The van der Waals surface area contributed by atoms with Gasteiger partial charge in [0.15, 0.2) is 5.00 Å². The highest BCUT2D eigenvalue weighted by Gasteiger charge is 2.08. The topological polar surface area (TPSA) is 61.1 Å².